The Labute approximate surface area is 139 Å². The van der Waals surface area contributed by atoms with Crippen LogP contribution in [0.25, 0.3) is 0 Å². The molecule has 2 fully saturated rings. The summed E-state index contributed by atoms with van der Waals surface area (Å²) in [5.74, 6) is 0. The van der Waals surface area contributed by atoms with Crippen LogP contribution in [0.1, 0.15) is 0 Å². The van der Waals surface area contributed by atoms with Gasteiger partial charge in [0.2, 0.25) is 10.0 Å². The SMILES string of the molecule is O=[N+]([O-])c1ccc(S(=O)(=O)N2CCOCC2)c(N2CCOCC2)c1. The number of nitro benzene ring substituents is 1. The molecule has 9 nitrogen and oxygen atoms in total. The Kier molecular flexibility index (Phi) is 4.99. The Morgan fingerprint density at radius 2 is 1.58 bits per heavy atom. The highest BCUT2D eigenvalue weighted by Gasteiger charge is 2.31. The van der Waals surface area contributed by atoms with Crippen LogP contribution >= 0.6 is 0 Å². The topological polar surface area (TPSA) is 102 Å². The summed E-state index contributed by atoms with van der Waals surface area (Å²) in [7, 11) is -3.74. The first-order valence-corrected chi connectivity index (χ1v) is 9.13. The summed E-state index contributed by atoms with van der Waals surface area (Å²) >= 11 is 0. The average Bonchev–Trinajstić information content (AvgIpc) is 2.62. The van der Waals surface area contributed by atoms with Gasteiger partial charge >= 0.3 is 0 Å². The minimum atomic E-state index is -3.74. The minimum absolute atomic E-state index is 0.0944. The van der Waals surface area contributed by atoms with Gasteiger partial charge in [-0.15, -0.1) is 0 Å². The lowest BCUT2D eigenvalue weighted by Gasteiger charge is -2.32. The molecule has 1 aromatic carbocycles. The summed E-state index contributed by atoms with van der Waals surface area (Å²) in [6.45, 7) is 3.15. The van der Waals surface area contributed by atoms with Gasteiger partial charge in [-0.25, -0.2) is 8.42 Å². The maximum Gasteiger partial charge on any atom is 0.271 e. The molecule has 0 spiro atoms. The molecular weight excluding hydrogens is 338 g/mol. The molecule has 132 valence electrons. The fourth-order valence-electron chi connectivity index (χ4n) is 2.81. The van der Waals surface area contributed by atoms with Crippen molar-refractivity contribution in [3.63, 3.8) is 0 Å². The summed E-state index contributed by atoms with van der Waals surface area (Å²) in [4.78, 5) is 12.5. The monoisotopic (exact) mass is 357 g/mol. The normalized spacial score (nSPS) is 20.1. The molecule has 0 radical (unpaired) electrons. The zero-order chi connectivity index (χ0) is 17.2. The van der Waals surface area contributed by atoms with E-state index in [4.69, 9.17) is 9.47 Å². The number of sulfonamides is 1. The second kappa shape index (κ2) is 7.01. The van der Waals surface area contributed by atoms with E-state index in [1.54, 1.807) is 0 Å². The van der Waals surface area contributed by atoms with Crippen molar-refractivity contribution in [3.05, 3.63) is 28.3 Å². The minimum Gasteiger partial charge on any atom is -0.379 e. The number of ether oxygens (including phenoxy) is 2. The summed E-state index contributed by atoms with van der Waals surface area (Å²) in [5.41, 5.74) is 0.233. The van der Waals surface area contributed by atoms with Crippen molar-refractivity contribution in [3.8, 4) is 0 Å². The highest BCUT2D eigenvalue weighted by molar-refractivity contribution is 7.89. The molecule has 0 amide bonds. The third-order valence-corrected chi connectivity index (χ3v) is 6.04. The van der Waals surface area contributed by atoms with Crippen LogP contribution < -0.4 is 4.90 Å². The van der Waals surface area contributed by atoms with Crippen LogP contribution in [0.3, 0.4) is 0 Å². The quantitative estimate of drug-likeness (QED) is 0.569. The zero-order valence-corrected chi connectivity index (χ0v) is 13.9. The molecule has 0 aliphatic carbocycles. The molecule has 0 unspecified atom stereocenters. The number of nitro groups is 1. The molecule has 2 saturated heterocycles. The zero-order valence-electron chi connectivity index (χ0n) is 13.1. The Hall–Kier alpha value is -1.75. The van der Waals surface area contributed by atoms with Gasteiger partial charge in [0.05, 0.1) is 37.0 Å². The second-order valence-corrected chi connectivity index (χ2v) is 7.43. The first-order chi connectivity index (χ1) is 11.5. The van der Waals surface area contributed by atoms with E-state index in [1.807, 2.05) is 4.90 Å². The lowest BCUT2D eigenvalue weighted by atomic mass is 10.2. The highest BCUT2D eigenvalue weighted by atomic mass is 32.2. The van der Waals surface area contributed by atoms with Gasteiger partial charge < -0.3 is 14.4 Å². The number of rotatable bonds is 4. The van der Waals surface area contributed by atoms with Crippen molar-refractivity contribution in [1.82, 2.24) is 4.31 Å². The number of anilines is 1. The Bertz CT molecular complexity index is 711. The number of benzene rings is 1. The summed E-state index contributed by atoms with van der Waals surface area (Å²) in [6, 6.07) is 3.89. The average molecular weight is 357 g/mol. The molecule has 0 saturated carbocycles. The molecule has 0 bridgehead atoms. The van der Waals surface area contributed by atoms with Gasteiger partial charge in [0.25, 0.3) is 5.69 Å². The molecule has 2 aliphatic rings. The number of nitrogens with zero attached hydrogens (tertiary/aromatic N) is 3. The standard InChI is InChI=1S/C14H19N3O6S/c18-17(19)12-1-2-14(13(11-12)15-3-7-22-8-4-15)24(20,21)16-5-9-23-10-6-16/h1-2,11H,3-10H2. The van der Waals surface area contributed by atoms with E-state index in [-0.39, 0.29) is 23.7 Å². The number of non-ortho nitro benzene ring substituents is 1. The van der Waals surface area contributed by atoms with E-state index in [0.717, 1.165) is 0 Å². The van der Waals surface area contributed by atoms with Crippen LogP contribution in [-0.2, 0) is 19.5 Å². The molecule has 2 heterocycles. The van der Waals surface area contributed by atoms with E-state index < -0.39 is 14.9 Å². The Morgan fingerprint density at radius 3 is 2.17 bits per heavy atom. The van der Waals surface area contributed by atoms with Gasteiger partial charge in [-0.2, -0.15) is 4.31 Å². The van der Waals surface area contributed by atoms with Crippen molar-refractivity contribution in [2.45, 2.75) is 4.90 Å². The molecule has 0 atom stereocenters. The Morgan fingerprint density at radius 1 is 1.00 bits per heavy atom. The van der Waals surface area contributed by atoms with E-state index in [1.165, 1.54) is 22.5 Å². The van der Waals surface area contributed by atoms with Crippen molar-refractivity contribution in [2.75, 3.05) is 57.5 Å². The van der Waals surface area contributed by atoms with Crippen LogP contribution in [0.5, 0.6) is 0 Å². The van der Waals surface area contributed by atoms with Crippen LogP contribution in [0.4, 0.5) is 11.4 Å². The Balaban J connectivity index is 2.03. The lowest BCUT2D eigenvalue weighted by molar-refractivity contribution is -0.384. The van der Waals surface area contributed by atoms with Gasteiger partial charge in [0.15, 0.2) is 0 Å². The van der Waals surface area contributed by atoms with Crippen LogP contribution in [0.15, 0.2) is 23.1 Å². The van der Waals surface area contributed by atoms with E-state index in [9.17, 15) is 18.5 Å². The van der Waals surface area contributed by atoms with E-state index >= 15 is 0 Å². The van der Waals surface area contributed by atoms with E-state index in [0.29, 0.717) is 45.2 Å². The van der Waals surface area contributed by atoms with Gasteiger partial charge in [0.1, 0.15) is 4.90 Å². The smallest absolute Gasteiger partial charge is 0.271 e. The summed E-state index contributed by atoms with van der Waals surface area (Å²) in [6.07, 6.45) is 0. The van der Waals surface area contributed by atoms with E-state index in [2.05, 4.69) is 0 Å². The first-order valence-electron chi connectivity index (χ1n) is 7.69. The van der Waals surface area contributed by atoms with Gasteiger partial charge in [-0.3, -0.25) is 10.1 Å². The lowest BCUT2D eigenvalue weighted by Crippen LogP contribution is -2.42. The first kappa shape index (κ1) is 17.1. The molecule has 24 heavy (non-hydrogen) atoms. The fourth-order valence-corrected chi connectivity index (χ4v) is 4.42. The summed E-state index contributed by atoms with van der Waals surface area (Å²) < 4.78 is 37.8. The number of morpholine rings is 2. The number of hydrogen-bond acceptors (Lipinski definition) is 7. The van der Waals surface area contributed by atoms with Crippen LogP contribution in [0.2, 0.25) is 0 Å². The largest absolute Gasteiger partial charge is 0.379 e. The maximum atomic E-state index is 13.0. The van der Waals surface area contributed by atoms with Crippen LogP contribution in [-0.4, -0.2) is 70.3 Å². The third-order valence-electron chi connectivity index (χ3n) is 4.09. The van der Waals surface area contributed by atoms with Gasteiger partial charge in [0, 0.05) is 38.3 Å². The predicted molar refractivity (Wildman–Crippen MR) is 85.7 cm³/mol. The predicted octanol–water partition coefficient (Wildman–Crippen LogP) is 0.452. The molecule has 0 aromatic heterocycles. The van der Waals surface area contributed by atoms with Gasteiger partial charge in [-0.05, 0) is 6.07 Å². The van der Waals surface area contributed by atoms with Crippen molar-refractivity contribution in [1.29, 1.82) is 0 Å². The van der Waals surface area contributed by atoms with Crippen molar-refractivity contribution >= 4 is 21.4 Å². The van der Waals surface area contributed by atoms with Crippen molar-refractivity contribution in [2.24, 2.45) is 0 Å². The molecule has 3 rings (SSSR count). The highest BCUT2D eigenvalue weighted by Crippen LogP contribution is 2.32. The van der Waals surface area contributed by atoms with Gasteiger partial charge in [-0.1, -0.05) is 0 Å². The third kappa shape index (κ3) is 3.36. The molecular formula is C14H19N3O6S. The summed E-state index contributed by atoms with van der Waals surface area (Å²) in [5, 5.41) is 11.1. The molecule has 10 heteroatoms. The van der Waals surface area contributed by atoms with Crippen LogP contribution in [0, 0.1) is 10.1 Å². The maximum absolute atomic E-state index is 13.0. The number of hydrogen-bond donors (Lipinski definition) is 0. The fraction of sp³-hybridized carbons (Fsp3) is 0.571. The van der Waals surface area contributed by atoms with Crippen molar-refractivity contribution < 1.29 is 22.8 Å². The second-order valence-electron chi connectivity index (χ2n) is 5.53. The molecule has 0 N–H and O–H groups in total. The molecule has 2 aliphatic heterocycles. The molecule has 1 aromatic rings.